The number of halogens is 1. The van der Waals surface area contributed by atoms with Gasteiger partial charge in [-0.25, -0.2) is 14.7 Å². The smallest absolute Gasteiger partial charge is 0.179 e. The second-order valence-corrected chi connectivity index (χ2v) is 10.0. The zero-order valence-electron chi connectivity index (χ0n) is 21.9. The fourth-order valence-electron chi connectivity index (χ4n) is 5.44. The van der Waals surface area contributed by atoms with Crippen molar-refractivity contribution in [3.05, 3.63) is 125 Å². The number of nitrogens with zero attached hydrogens (tertiary/aromatic N) is 5. The Balaban J connectivity index is 1.52. The van der Waals surface area contributed by atoms with Crippen molar-refractivity contribution in [1.82, 2.24) is 9.78 Å². The maximum atomic E-state index is 6.33. The van der Waals surface area contributed by atoms with Crippen LogP contribution >= 0.6 is 11.6 Å². The highest BCUT2D eigenvalue weighted by Gasteiger charge is 2.42. The first kappa shape index (κ1) is 24.2. The molecule has 0 spiro atoms. The minimum Gasteiger partial charge on any atom is -0.496 e. The number of anilines is 2. The van der Waals surface area contributed by atoms with Crippen molar-refractivity contribution in [2.45, 2.75) is 13.0 Å². The highest BCUT2D eigenvalue weighted by Crippen LogP contribution is 2.49. The van der Waals surface area contributed by atoms with Gasteiger partial charge in [-0.3, -0.25) is 0 Å². The standard InChI is InChI=1S/C32H25ClN6O/c1-20-28-29(24-15-6-9-18-27(24)40-2)38-26-17-8-7-16-25(26)35-30(34-22-12-10-11-21(33)19-22)32(38)36-31(28)39(37-20)23-13-4-3-5-14-23/h3-19,29H,1-2H3,(H,34,35)/t29-/m1/s1. The van der Waals surface area contributed by atoms with Gasteiger partial charge >= 0.3 is 0 Å². The van der Waals surface area contributed by atoms with E-state index in [4.69, 9.17) is 31.4 Å². The summed E-state index contributed by atoms with van der Waals surface area (Å²) in [5.41, 5.74) is 6.45. The van der Waals surface area contributed by atoms with Crippen LogP contribution in [0.4, 0.5) is 22.9 Å². The highest BCUT2D eigenvalue weighted by molar-refractivity contribution is 6.51. The van der Waals surface area contributed by atoms with E-state index >= 15 is 0 Å². The van der Waals surface area contributed by atoms with Gasteiger partial charge in [-0.15, -0.1) is 0 Å². The molecule has 1 aromatic heterocycles. The van der Waals surface area contributed by atoms with Gasteiger partial charge in [0, 0.05) is 21.8 Å². The van der Waals surface area contributed by atoms with Crippen LogP contribution in [-0.4, -0.2) is 28.6 Å². The number of amidine groups is 2. The zero-order valence-corrected chi connectivity index (χ0v) is 22.7. The van der Waals surface area contributed by atoms with Crippen LogP contribution in [0.25, 0.3) is 5.69 Å². The van der Waals surface area contributed by atoms with Crippen molar-refractivity contribution < 1.29 is 4.74 Å². The predicted octanol–water partition coefficient (Wildman–Crippen LogP) is 7.64. The maximum Gasteiger partial charge on any atom is 0.179 e. The van der Waals surface area contributed by atoms with E-state index in [1.54, 1.807) is 7.11 Å². The number of aromatic nitrogens is 2. The number of hydrogen-bond donors (Lipinski definition) is 1. The van der Waals surface area contributed by atoms with Gasteiger partial charge in [-0.2, -0.15) is 5.10 Å². The summed E-state index contributed by atoms with van der Waals surface area (Å²) >= 11 is 6.33. The summed E-state index contributed by atoms with van der Waals surface area (Å²) in [4.78, 5) is 12.5. The van der Waals surface area contributed by atoms with Gasteiger partial charge < -0.3 is 15.0 Å². The Labute approximate surface area is 237 Å². The van der Waals surface area contributed by atoms with Crippen LogP contribution in [0.1, 0.15) is 22.9 Å². The topological polar surface area (TPSA) is 67.0 Å². The number of fused-ring (bicyclic) bond motifs is 4. The molecule has 2 aliphatic heterocycles. The second-order valence-electron chi connectivity index (χ2n) is 9.60. The SMILES string of the molecule is COc1ccccc1[C@@H]1c2c(C)nn(-c3ccccc3)c2N=C2C(Nc3cccc(Cl)c3)=Nc3ccccc3N21. The fraction of sp³-hybridized carbons (Fsp3) is 0.0938. The lowest BCUT2D eigenvalue weighted by atomic mass is 9.92. The summed E-state index contributed by atoms with van der Waals surface area (Å²) < 4.78 is 7.81. The van der Waals surface area contributed by atoms with Crippen molar-refractivity contribution in [1.29, 1.82) is 0 Å². The number of nitrogens with one attached hydrogen (secondary N) is 1. The van der Waals surface area contributed by atoms with Crippen molar-refractivity contribution in [2.24, 2.45) is 9.98 Å². The Morgan fingerprint density at radius 3 is 2.45 bits per heavy atom. The van der Waals surface area contributed by atoms with Gasteiger partial charge in [0.1, 0.15) is 5.75 Å². The molecular weight excluding hydrogens is 520 g/mol. The van der Waals surface area contributed by atoms with Crippen LogP contribution < -0.4 is 15.0 Å². The number of aryl methyl sites for hydroxylation is 1. The lowest BCUT2D eigenvalue weighted by Gasteiger charge is -2.41. The van der Waals surface area contributed by atoms with Crippen molar-refractivity contribution in [3.8, 4) is 11.4 Å². The molecule has 0 aliphatic carbocycles. The summed E-state index contributed by atoms with van der Waals surface area (Å²) in [6, 6.07) is 33.6. The summed E-state index contributed by atoms with van der Waals surface area (Å²) in [5.74, 6) is 2.84. The third-order valence-corrected chi connectivity index (χ3v) is 7.39. The van der Waals surface area contributed by atoms with Crippen LogP contribution in [0.3, 0.4) is 0 Å². The Morgan fingerprint density at radius 1 is 0.850 bits per heavy atom. The van der Waals surface area contributed by atoms with Crippen LogP contribution in [0.15, 0.2) is 113 Å². The Kier molecular flexibility index (Phi) is 5.86. The number of hydrogen-bond acceptors (Lipinski definition) is 6. The summed E-state index contributed by atoms with van der Waals surface area (Å²) in [5, 5.41) is 9.12. The molecule has 4 aromatic carbocycles. The molecule has 0 unspecified atom stereocenters. The largest absolute Gasteiger partial charge is 0.496 e. The first-order chi connectivity index (χ1) is 19.6. The number of para-hydroxylation sites is 4. The molecule has 7 nitrogen and oxygen atoms in total. The number of aliphatic imine (C=N–C) groups is 2. The molecule has 7 rings (SSSR count). The first-order valence-corrected chi connectivity index (χ1v) is 13.4. The summed E-state index contributed by atoms with van der Waals surface area (Å²) in [6.07, 6.45) is 0. The summed E-state index contributed by atoms with van der Waals surface area (Å²) in [7, 11) is 1.70. The van der Waals surface area contributed by atoms with Crippen molar-refractivity contribution in [3.63, 3.8) is 0 Å². The highest BCUT2D eigenvalue weighted by atomic mass is 35.5. The van der Waals surface area contributed by atoms with E-state index in [1.165, 1.54) is 0 Å². The van der Waals surface area contributed by atoms with Crippen LogP contribution in [0.5, 0.6) is 5.75 Å². The number of ether oxygens (including phenoxy) is 1. The second kappa shape index (κ2) is 9.70. The third kappa shape index (κ3) is 3.94. The van der Waals surface area contributed by atoms with E-state index in [1.807, 2.05) is 103 Å². The lowest BCUT2D eigenvalue weighted by Crippen LogP contribution is -2.46. The molecule has 2 aliphatic rings. The van der Waals surface area contributed by atoms with E-state index in [0.717, 1.165) is 51.1 Å². The van der Waals surface area contributed by atoms with E-state index < -0.39 is 0 Å². The van der Waals surface area contributed by atoms with Crippen molar-refractivity contribution in [2.75, 3.05) is 17.3 Å². The van der Waals surface area contributed by atoms with Crippen molar-refractivity contribution >= 4 is 46.2 Å². The molecule has 3 heterocycles. The maximum absolute atomic E-state index is 6.33. The molecule has 8 heteroatoms. The molecule has 196 valence electrons. The molecule has 1 atom stereocenters. The first-order valence-electron chi connectivity index (χ1n) is 13.0. The lowest BCUT2D eigenvalue weighted by molar-refractivity contribution is 0.407. The quantitative estimate of drug-likeness (QED) is 0.252. The van der Waals surface area contributed by atoms with E-state index in [9.17, 15) is 0 Å². The zero-order chi connectivity index (χ0) is 27.2. The fourth-order valence-corrected chi connectivity index (χ4v) is 5.63. The van der Waals surface area contributed by atoms with Crippen LogP contribution in [0.2, 0.25) is 5.02 Å². The van der Waals surface area contributed by atoms with Gasteiger partial charge in [-0.05, 0) is 55.5 Å². The average Bonchev–Trinajstić information content (AvgIpc) is 3.32. The molecule has 0 saturated heterocycles. The number of methoxy groups -OCH3 is 1. The number of benzene rings is 4. The third-order valence-electron chi connectivity index (χ3n) is 7.16. The normalized spacial score (nSPS) is 15.4. The predicted molar refractivity (Wildman–Crippen MR) is 161 cm³/mol. The molecule has 0 fully saturated rings. The van der Waals surface area contributed by atoms with Gasteiger partial charge in [-0.1, -0.05) is 66.2 Å². The molecule has 0 radical (unpaired) electrons. The molecule has 0 saturated carbocycles. The molecule has 0 bridgehead atoms. The van der Waals surface area contributed by atoms with Gasteiger partial charge in [0.15, 0.2) is 17.5 Å². The molecular formula is C32H25ClN6O. The summed E-state index contributed by atoms with van der Waals surface area (Å²) in [6.45, 7) is 2.04. The van der Waals surface area contributed by atoms with Gasteiger partial charge in [0.05, 0.1) is 35.9 Å². The Hall–Kier alpha value is -4.88. The minimum atomic E-state index is -0.274. The monoisotopic (exact) mass is 544 g/mol. The average molecular weight is 545 g/mol. The Morgan fingerprint density at radius 2 is 1.62 bits per heavy atom. The molecule has 5 aromatic rings. The molecule has 40 heavy (non-hydrogen) atoms. The van der Waals surface area contributed by atoms with Crippen LogP contribution in [-0.2, 0) is 0 Å². The minimum absolute atomic E-state index is 0.274. The molecule has 1 N–H and O–H groups in total. The molecule has 0 amide bonds. The van der Waals surface area contributed by atoms with E-state index in [0.29, 0.717) is 16.7 Å². The van der Waals surface area contributed by atoms with E-state index in [-0.39, 0.29) is 6.04 Å². The van der Waals surface area contributed by atoms with Gasteiger partial charge in [0.2, 0.25) is 0 Å². The van der Waals surface area contributed by atoms with Crippen LogP contribution in [0, 0.1) is 6.92 Å². The van der Waals surface area contributed by atoms with Gasteiger partial charge in [0.25, 0.3) is 0 Å². The number of rotatable bonds is 4. The van der Waals surface area contributed by atoms with E-state index in [2.05, 4.69) is 22.3 Å². The Bertz CT molecular complexity index is 1810.